The van der Waals surface area contributed by atoms with Gasteiger partial charge in [0.1, 0.15) is 0 Å². The number of carboxylic acid groups (broad SMARTS) is 1. The molecular formula is C22H20BrN5O2S. The van der Waals surface area contributed by atoms with Crippen molar-refractivity contribution in [1.82, 2.24) is 19.7 Å². The minimum absolute atomic E-state index is 0.209. The van der Waals surface area contributed by atoms with E-state index in [-0.39, 0.29) is 5.92 Å². The van der Waals surface area contributed by atoms with Crippen LogP contribution in [-0.2, 0) is 6.54 Å². The van der Waals surface area contributed by atoms with Gasteiger partial charge in [-0.15, -0.1) is 0 Å². The van der Waals surface area contributed by atoms with Crippen molar-refractivity contribution in [2.45, 2.75) is 24.5 Å². The maximum atomic E-state index is 12.2. The van der Waals surface area contributed by atoms with E-state index in [0.717, 1.165) is 4.47 Å². The molecule has 0 radical (unpaired) electrons. The average Bonchev–Trinajstić information content (AvgIpc) is 3.17. The Morgan fingerprint density at radius 3 is 2.65 bits per heavy atom. The van der Waals surface area contributed by atoms with Gasteiger partial charge in [0, 0.05) is 16.9 Å². The molecule has 9 heteroatoms. The molecule has 1 atom stereocenters. The number of benzene rings is 2. The van der Waals surface area contributed by atoms with Crippen LogP contribution >= 0.6 is 27.7 Å². The molecule has 7 nitrogen and oxygen atoms in total. The van der Waals surface area contributed by atoms with Crippen molar-refractivity contribution >= 4 is 56.3 Å². The van der Waals surface area contributed by atoms with Gasteiger partial charge in [-0.2, -0.15) is 5.10 Å². The Balaban J connectivity index is 1.82. The highest BCUT2D eigenvalue weighted by Gasteiger charge is 2.25. The third-order valence-electron chi connectivity index (χ3n) is 4.92. The first kappa shape index (κ1) is 21.3. The zero-order chi connectivity index (χ0) is 22.0. The van der Waals surface area contributed by atoms with E-state index >= 15 is 0 Å². The van der Waals surface area contributed by atoms with Gasteiger partial charge >= 0.3 is 6.09 Å². The molecule has 0 spiro atoms. The van der Waals surface area contributed by atoms with E-state index in [1.165, 1.54) is 22.2 Å². The summed E-state index contributed by atoms with van der Waals surface area (Å²) in [5, 5.41) is 15.6. The number of fused-ring (bicyclic) bond motifs is 1. The molecule has 4 aromatic rings. The number of halogens is 1. The van der Waals surface area contributed by atoms with Crippen LogP contribution in [0.4, 0.5) is 16.3 Å². The molecule has 0 saturated carbocycles. The molecule has 1 unspecified atom stereocenters. The second-order valence-corrected chi connectivity index (χ2v) is 8.70. The molecule has 0 aliphatic rings. The number of hydrogen-bond acceptors (Lipinski definition) is 5. The largest absolute Gasteiger partial charge is 0.464 e. The maximum absolute atomic E-state index is 12.2. The van der Waals surface area contributed by atoms with E-state index in [4.69, 9.17) is 0 Å². The van der Waals surface area contributed by atoms with Gasteiger partial charge in [-0.3, -0.25) is 0 Å². The minimum Gasteiger partial charge on any atom is -0.464 e. The fourth-order valence-electron chi connectivity index (χ4n) is 3.40. The third kappa shape index (κ3) is 4.42. The lowest BCUT2D eigenvalue weighted by atomic mass is 10.0. The van der Waals surface area contributed by atoms with Gasteiger partial charge < -0.3 is 5.11 Å². The zero-order valence-corrected chi connectivity index (χ0v) is 19.3. The zero-order valence-electron chi connectivity index (χ0n) is 16.9. The van der Waals surface area contributed by atoms with E-state index in [1.807, 2.05) is 35.2 Å². The van der Waals surface area contributed by atoms with Crippen molar-refractivity contribution in [3.8, 4) is 0 Å². The summed E-state index contributed by atoms with van der Waals surface area (Å²) in [5.74, 6) is 0.500. The molecule has 1 amide bonds. The molecule has 31 heavy (non-hydrogen) atoms. The number of hydrogen-bond donors (Lipinski definition) is 1. The quantitative estimate of drug-likeness (QED) is 0.262. The Hall–Kier alpha value is -2.91. The van der Waals surface area contributed by atoms with Crippen LogP contribution in [0, 0.1) is 0 Å². The fourth-order valence-corrected chi connectivity index (χ4v) is 4.14. The Morgan fingerprint density at radius 2 is 1.97 bits per heavy atom. The summed E-state index contributed by atoms with van der Waals surface area (Å²) in [6, 6.07) is 17.3. The summed E-state index contributed by atoms with van der Waals surface area (Å²) >= 11 is 4.77. The van der Waals surface area contributed by atoms with Gasteiger partial charge in [0.2, 0.25) is 0 Å². The minimum atomic E-state index is -1.13. The van der Waals surface area contributed by atoms with Crippen molar-refractivity contribution in [3.05, 3.63) is 70.8 Å². The van der Waals surface area contributed by atoms with Crippen LogP contribution in [-0.4, -0.2) is 37.2 Å². The average molecular weight is 498 g/mol. The van der Waals surface area contributed by atoms with E-state index < -0.39 is 6.09 Å². The normalized spacial score (nSPS) is 12.1. The Morgan fingerprint density at radius 1 is 1.19 bits per heavy atom. The standard InChI is InChI=1S/C22H20BrN5O2S/c1-14(15-7-4-3-5-8-15)13-27-19-18(12-24-27)20(26-21(25-19)31-2)28(22(29)30)17-10-6-9-16(23)11-17/h3-12,14H,13H2,1-2H3,(H,29,30). The van der Waals surface area contributed by atoms with E-state index in [9.17, 15) is 9.90 Å². The Bertz CT molecular complexity index is 1230. The van der Waals surface area contributed by atoms with Crippen LogP contribution in [0.1, 0.15) is 18.4 Å². The van der Waals surface area contributed by atoms with Crippen LogP contribution in [0.25, 0.3) is 11.0 Å². The number of rotatable bonds is 6. The summed E-state index contributed by atoms with van der Waals surface area (Å²) in [4.78, 5) is 22.6. The first-order valence-electron chi connectivity index (χ1n) is 9.59. The fraction of sp³-hybridized carbons (Fsp3) is 0.182. The molecule has 2 aromatic carbocycles. The lowest BCUT2D eigenvalue weighted by Gasteiger charge is -2.20. The predicted molar refractivity (Wildman–Crippen MR) is 126 cm³/mol. The van der Waals surface area contributed by atoms with Crippen LogP contribution in [0.15, 0.2) is 70.4 Å². The summed E-state index contributed by atoms with van der Waals surface area (Å²) in [6.45, 7) is 2.74. The number of nitrogens with zero attached hydrogens (tertiary/aromatic N) is 5. The molecule has 2 heterocycles. The van der Waals surface area contributed by atoms with Gasteiger partial charge in [0.25, 0.3) is 0 Å². The van der Waals surface area contributed by atoms with Gasteiger partial charge in [-0.1, -0.05) is 71.0 Å². The summed E-state index contributed by atoms with van der Waals surface area (Å²) in [7, 11) is 0. The number of thioether (sulfide) groups is 1. The van der Waals surface area contributed by atoms with E-state index in [2.05, 4.69) is 50.1 Å². The highest BCUT2D eigenvalue weighted by atomic mass is 79.9. The number of anilines is 2. The molecule has 0 aliphatic carbocycles. The molecule has 0 fully saturated rings. The first-order valence-corrected chi connectivity index (χ1v) is 11.6. The van der Waals surface area contributed by atoms with Gasteiger partial charge in [-0.05, 0) is 30.0 Å². The smallest absolute Gasteiger partial charge is 0.417 e. The molecule has 0 saturated heterocycles. The maximum Gasteiger partial charge on any atom is 0.417 e. The number of amides is 1. The van der Waals surface area contributed by atoms with Crippen molar-refractivity contribution in [1.29, 1.82) is 0 Å². The van der Waals surface area contributed by atoms with E-state index in [0.29, 0.717) is 34.2 Å². The monoisotopic (exact) mass is 497 g/mol. The summed E-state index contributed by atoms with van der Waals surface area (Å²) in [6.07, 6.45) is 2.37. The molecule has 1 N–H and O–H groups in total. The molecule has 0 bridgehead atoms. The molecule has 0 aliphatic heterocycles. The van der Waals surface area contributed by atoms with Crippen molar-refractivity contribution in [2.75, 3.05) is 11.2 Å². The molecule has 4 rings (SSSR count). The second-order valence-electron chi connectivity index (χ2n) is 7.01. The van der Waals surface area contributed by atoms with Gasteiger partial charge in [-0.25, -0.2) is 24.3 Å². The van der Waals surface area contributed by atoms with Crippen molar-refractivity contribution in [3.63, 3.8) is 0 Å². The highest BCUT2D eigenvalue weighted by molar-refractivity contribution is 9.10. The Labute approximate surface area is 192 Å². The predicted octanol–water partition coefficient (Wildman–Crippen LogP) is 5.93. The molecule has 158 valence electrons. The summed E-state index contributed by atoms with van der Waals surface area (Å²) in [5.41, 5.74) is 2.30. The highest BCUT2D eigenvalue weighted by Crippen LogP contribution is 2.33. The summed E-state index contributed by atoms with van der Waals surface area (Å²) < 4.78 is 2.60. The van der Waals surface area contributed by atoms with Crippen molar-refractivity contribution in [2.24, 2.45) is 0 Å². The molecule has 2 aromatic heterocycles. The SMILES string of the molecule is CSc1nc(N(C(=O)O)c2cccc(Br)c2)c2cnn(CC(C)c3ccccc3)c2n1. The van der Waals surface area contributed by atoms with Crippen LogP contribution in [0.5, 0.6) is 0 Å². The van der Waals surface area contributed by atoms with Crippen molar-refractivity contribution < 1.29 is 9.90 Å². The second kappa shape index (κ2) is 9.07. The van der Waals surface area contributed by atoms with Crippen LogP contribution < -0.4 is 4.90 Å². The number of aromatic nitrogens is 4. The Kier molecular flexibility index (Phi) is 6.24. The lowest BCUT2D eigenvalue weighted by molar-refractivity contribution is 0.204. The lowest BCUT2D eigenvalue weighted by Crippen LogP contribution is -2.25. The third-order valence-corrected chi connectivity index (χ3v) is 5.96. The molecular weight excluding hydrogens is 478 g/mol. The van der Waals surface area contributed by atoms with E-state index in [1.54, 1.807) is 24.4 Å². The first-order chi connectivity index (χ1) is 15.0. The van der Waals surface area contributed by atoms with Gasteiger partial charge in [0.05, 0.1) is 17.3 Å². The topological polar surface area (TPSA) is 84.1 Å². The number of carbonyl (C=O) groups is 1. The van der Waals surface area contributed by atoms with Crippen LogP contribution in [0.3, 0.4) is 0 Å². The van der Waals surface area contributed by atoms with Gasteiger partial charge in [0.15, 0.2) is 16.6 Å². The van der Waals surface area contributed by atoms with Crippen LogP contribution in [0.2, 0.25) is 0 Å².